The van der Waals surface area contributed by atoms with E-state index in [1.807, 2.05) is 0 Å². The number of hydrogen-bond acceptors (Lipinski definition) is 4. The zero-order valence-electron chi connectivity index (χ0n) is 10.7. The van der Waals surface area contributed by atoms with Gasteiger partial charge < -0.3 is 4.98 Å². The highest BCUT2D eigenvalue weighted by Crippen LogP contribution is 2.28. The van der Waals surface area contributed by atoms with Crippen molar-refractivity contribution in [3.8, 4) is 0 Å². The van der Waals surface area contributed by atoms with Gasteiger partial charge in [-0.2, -0.15) is 0 Å². The molecule has 0 radical (unpaired) electrons. The Kier molecular flexibility index (Phi) is 3.29. The fourth-order valence-corrected chi connectivity index (χ4v) is 3.31. The molecule has 0 amide bonds. The van der Waals surface area contributed by atoms with Gasteiger partial charge in [0, 0.05) is 25.1 Å². The van der Waals surface area contributed by atoms with Crippen LogP contribution in [0.4, 0.5) is 0 Å². The molecule has 0 aliphatic carbocycles. The molecule has 1 saturated heterocycles. The minimum absolute atomic E-state index is 0.0273. The predicted octanol–water partition coefficient (Wildman–Crippen LogP) is 0.216. The van der Waals surface area contributed by atoms with Crippen molar-refractivity contribution in [1.29, 1.82) is 0 Å². The molecule has 0 bridgehead atoms. The number of hydrogen-bond donors (Lipinski definition) is 1. The van der Waals surface area contributed by atoms with Gasteiger partial charge in [-0.3, -0.25) is 4.79 Å². The van der Waals surface area contributed by atoms with E-state index in [-0.39, 0.29) is 11.5 Å². The lowest BCUT2D eigenvalue weighted by Gasteiger charge is -2.38. The first-order valence-electron chi connectivity index (χ1n) is 5.87. The normalized spacial score (nSPS) is 18.0. The maximum absolute atomic E-state index is 11.9. The molecule has 1 aromatic rings. The highest BCUT2D eigenvalue weighted by Gasteiger charge is 2.38. The predicted molar refractivity (Wildman–Crippen MR) is 68.0 cm³/mol. The molecule has 1 N–H and O–H groups in total. The molecular weight excluding hydrogens is 254 g/mol. The number of H-pyrrole nitrogens is 1. The highest BCUT2D eigenvalue weighted by molar-refractivity contribution is 7.89. The second-order valence-corrected chi connectivity index (χ2v) is 7.35. The molecule has 0 aromatic carbocycles. The minimum atomic E-state index is -3.18. The second kappa shape index (κ2) is 4.47. The van der Waals surface area contributed by atoms with Gasteiger partial charge in [0.25, 0.3) is 5.56 Å². The molecule has 1 aliphatic rings. The van der Waals surface area contributed by atoms with Crippen molar-refractivity contribution >= 4 is 10.0 Å². The molecule has 1 aromatic heterocycles. The lowest BCUT2D eigenvalue weighted by molar-refractivity contribution is 0.257. The lowest BCUT2D eigenvalue weighted by Crippen LogP contribution is -2.51. The summed E-state index contributed by atoms with van der Waals surface area (Å²) in [6.07, 6.45) is 0. The number of rotatable bonds is 3. The molecule has 7 heteroatoms. The highest BCUT2D eigenvalue weighted by atomic mass is 32.2. The molecule has 0 unspecified atom stereocenters. The van der Waals surface area contributed by atoms with Gasteiger partial charge in [0.05, 0.1) is 10.9 Å². The molecular formula is C11H17N3O3S. The summed E-state index contributed by atoms with van der Waals surface area (Å²) in [5.41, 5.74) is 0.481. The van der Waals surface area contributed by atoms with Gasteiger partial charge in [-0.05, 0) is 20.8 Å². The molecule has 0 spiro atoms. The number of aromatic amines is 1. The van der Waals surface area contributed by atoms with E-state index in [4.69, 9.17) is 0 Å². The fourth-order valence-electron chi connectivity index (χ4n) is 1.94. The standard InChI is InChI=1S/C11H17N3O3S/c1-7(2)18(16,17)14-5-9(6-14)10-4-11(15)13-8(3)12-10/h4,7,9H,5-6H2,1-3H3,(H,12,13,15). The Morgan fingerprint density at radius 3 is 2.56 bits per heavy atom. The topological polar surface area (TPSA) is 83.1 Å². The van der Waals surface area contributed by atoms with Gasteiger partial charge in [-0.25, -0.2) is 17.7 Å². The first kappa shape index (κ1) is 13.2. The summed E-state index contributed by atoms with van der Waals surface area (Å²) in [6.45, 7) is 5.87. The number of aromatic nitrogens is 2. The third kappa shape index (κ3) is 2.32. The van der Waals surface area contributed by atoms with E-state index in [2.05, 4.69) is 9.97 Å². The summed E-state index contributed by atoms with van der Waals surface area (Å²) in [6, 6.07) is 1.44. The largest absolute Gasteiger partial charge is 0.311 e. The summed E-state index contributed by atoms with van der Waals surface area (Å²) in [5.74, 6) is 0.585. The molecule has 2 rings (SSSR count). The first-order chi connectivity index (χ1) is 8.30. The quantitative estimate of drug-likeness (QED) is 0.852. The summed E-state index contributed by atoms with van der Waals surface area (Å²) < 4.78 is 25.2. The molecule has 2 heterocycles. The Labute approximate surface area is 106 Å². The van der Waals surface area contributed by atoms with Crippen LogP contribution in [0.3, 0.4) is 0 Å². The summed E-state index contributed by atoms with van der Waals surface area (Å²) in [7, 11) is -3.18. The number of nitrogens with one attached hydrogen (secondary N) is 1. The van der Waals surface area contributed by atoms with Crippen LogP contribution in [-0.4, -0.2) is 41.0 Å². The van der Waals surface area contributed by atoms with Crippen molar-refractivity contribution < 1.29 is 8.42 Å². The van der Waals surface area contributed by atoms with Gasteiger partial charge in [-0.1, -0.05) is 0 Å². The smallest absolute Gasteiger partial charge is 0.251 e. The van der Waals surface area contributed by atoms with E-state index in [9.17, 15) is 13.2 Å². The summed E-state index contributed by atoms with van der Waals surface area (Å²) in [5, 5.41) is -0.410. The van der Waals surface area contributed by atoms with E-state index in [1.54, 1.807) is 20.8 Å². The zero-order valence-corrected chi connectivity index (χ0v) is 11.5. The maximum atomic E-state index is 11.9. The van der Waals surface area contributed by atoms with Crippen LogP contribution in [0.25, 0.3) is 0 Å². The molecule has 100 valence electrons. The Balaban J connectivity index is 2.12. The van der Waals surface area contributed by atoms with Crippen LogP contribution in [0.15, 0.2) is 10.9 Å². The van der Waals surface area contributed by atoms with Gasteiger partial charge >= 0.3 is 0 Å². The van der Waals surface area contributed by atoms with Crippen molar-refractivity contribution in [3.05, 3.63) is 27.9 Å². The monoisotopic (exact) mass is 271 g/mol. The minimum Gasteiger partial charge on any atom is -0.311 e. The van der Waals surface area contributed by atoms with E-state index in [1.165, 1.54) is 10.4 Å². The SMILES string of the molecule is Cc1nc(C2CN(S(=O)(=O)C(C)C)C2)cc(=O)[nH]1. The molecule has 1 fully saturated rings. The maximum Gasteiger partial charge on any atom is 0.251 e. The van der Waals surface area contributed by atoms with Crippen molar-refractivity contribution in [1.82, 2.24) is 14.3 Å². The molecule has 0 atom stereocenters. The lowest BCUT2D eigenvalue weighted by atomic mass is 9.99. The van der Waals surface area contributed by atoms with Crippen LogP contribution in [0, 0.1) is 6.92 Å². The van der Waals surface area contributed by atoms with Crippen LogP contribution in [0.2, 0.25) is 0 Å². The van der Waals surface area contributed by atoms with Crippen LogP contribution in [0.1, 0.15) is 31.3 Å². The van der Waals surface area contributed by atoms with Crippen LogP contribution in [0.5, 0.6) is 0 Å². The Hall–Kier alpha value is -1.21. The molecule has 0 saturated carbocycles. The Morgan fingerprint density at radius 2 is 2.06 bits per heavy atom. The Morgan fingerprint density at radius 1 is 1.44 bits per heavy atom. The van der Waals surface area contributed by atoms with E-state index in [0.717, 1.165) is 0 Å². The van der Waals surface area contributed by atoms with E-state index >= 15 is 0 Å². The average Bonchev–Trinajstić information content (AvgIpc) is 2.12. The van der Waals surface area contributed by atoms with Crippen LogP contribution < -0.4 is 5.56 Å². The summed E-state index contributed by atoms with van der Waals surface area (Å²) in [4.78, 5) is 18.1. The number of nitrogens with zero attached hydrogens (tertiary/aromatic N) is 2. The van der Waals surface area contributed by atoms with Crippen molar-refractivity contribution in [3.63, 3.8) is 0 Å². The second-order valence-electron chi connectivity index (χ2n) is 4.86. The number of aryl methyl sites for hydroxylation is 1. The van der Waals surface area contributed by atoms with Gasteiger partial charge in [0.2, 0.25) is 10.0 Å². The third-order valence-corrected chi connectivity index (χ3v) is 5.31. The van der Waals surface area contributed by atoms with Gasteiger partial charge in [0.15, 0.2) is 0 Å². The molecule has 6 nitrogen and oxygen atoms in total. The Bertz CT molecular complexity index is 600. The third-order valence-electron chi connectivity index (χ3n) is 3.10. The number of sulfonamides is 1. The van der Waals surface area contributed by atoms with Gasteiger partial charge in [0.1, 0.15) is 5.82 Å². The van der Waals surface area contributed by atoms with E-state index < -0.39 is 15.3 Å². The first-order valence-corrected chi connectivity index (χ1v) is 7.38. The average molecular weight is 271 g/mol. The van der Waals surface area contributed by atoms with Crippen molar-refractivity contribution in [2.24, 2.45) is 0 Å². The summed E-state index contributed by atoms with van der Waals surface area (Å²) >= 11 is 0. The van der Waals surface area contributed by atoms with Crippen LogP contribution in [-0.2, 0) is 10.0 Å². The molecule has 1 aliphatic heterocycles. The van der Waals surface area contributed by atoms with Gasteiger partial charge in [-0.15, -0.1) is 0 Å². The fraction of sp³-hybridized carbons (Fsp3) is 0.636. The molecule has 18 heavy (non-hydrogen) atoms. The zero-order chi connectivity index (χ0) is 13.5. The van der Waals surface area contributed by atoms with E-state index in [0.29, 0.717) is 24.6 Å². The van der Waals surface area contributed by atoms with Crippen molar-refractivity contribution in [2.45, 2.75) is 31.9 Å². The van der Waals surface area contributed by atoms with Crippen molar-refractivity contribution in [2.75, 3.05) is 13.1 Å². The van der Waals surface area contributed by atoms with Crippen LogP contribution >= 0.6 is 0 Å².